The zero-order valence-electron chi connectivity index (χ0n) is 10.5. The maximum Gasteiger partial charge on any atom is 0.161 e. The topological polar surface area (TPSA) is 33.2 Å². The summed E-state index contributed by atoms with van der Waals surface area (Å²) in [6.07, 6.45) is 2.81. The zero-order valence-corrected chi connectivity index (χ0v) is 10.5. The first-order chi connectivity index (χ1) is 7.54. The fraction of sp³-hybridized carbons (Fsp3) is 0.538. The number of ketones is 1. The van der Waals surface area contributed by atoms with E-state index in [1.807, 2.05) is 19.2 Å². The van der Waals surface area contributed by atoms with E-state index in [1.165, 1.54) is 0 Å². The largest absolute Gasteiger partial charge is 0.359 e. The second-order valence-corrected chi connectivity index (χ2v) is 4.36. The van der Waals surface area contributed by atoms with Gasteiger partial charge in [-0.05, 0) is 25.0 Å². The average molecular weight is 220 g/mol. The number of Topliss-reactive ketones (excluding diaryl/α,β-unsaturated/α-hetero) is 1. The highest BCUT2D eigenvalue weighted by Gasteiger charge is 2.07. The van der Waals surface area contributed by atoms with E-state index in [0.29, 0.717) is 11.5 Å². The second kappa shape index (κ2) is 5.64. The van der Waals surface area contributed by atoms with Gasteiger partial charge in [-0.1, -0.05) is 20.3 Å². The molecule has 0 radical (unpaired) electrons. The van der Waals surface area contributed by atoms with Gasteiger partial charge >= 0.3 is 0 Å². The van der Waals surface area contributed by atoms with Crippen LogP contribution in [0.2, 0.25) is 0 Å². The van der Waals surface area contributed by atoms with Gasteiger partial charge in [0, 0.05) is 25.4 Å². The number of aromatic nitrogens is 1. The van der Waals surface area contributed by atoms with Crippen LogP contribution in [0.15, 0.2) is 18.3 Å². The molecule has 3 heteroatoms. The summed E-state index contributed by atoms with van der Waals surface area (Å²) in [6, 6.07) is 3.73. The molecular weight excluding hydrogens is 200 g/mol. The van der Waals surface area contributed by atoms with Gasteiger partial charge in [-0.15, -0.1) is 0 Å². The van der Waals surface area contributed by atoms with Crippen molar-refractivity contribution in [2.45, 2.75) is 27.2 Å². The molecule has 1 aromatic rings. The Labute approximate surface area is 97.5 Å². The third-order valence-corrected chi connectivity index (χ3v) is 2.83. The molecule has 88 valence electrons. The van der Waals surface area contributed by atoms with Gasteiger partial charge in [0.2, 0.25) is 0 Å². The molecule has 1 heterocycles. The summed E-state index contributed by atoms with van der Waals surface area (Å²) in [5, 5.41) is 0. The summed E-state index contributed by atoms with van der Waals surface area (Å²) in [5.41, 5.74) is 0.667. The molecule has 16 heavy (non-hydrogen) atoms. The number of carbonyl (C=O) groups is 1. The van der Waals surface area contributed by atoms with Gasteiger partial charge in [0.25, 0.3) is 0 Å². The Kier molecular flexibility index (Phi) is 4.47. The first-order valence-electron chi connectivity index (χ1n) is 5.72. The number of hydrogen-bond acceptors (Lipinski definition) is 3. The molecule has 0 bridgehead atoms. The lowest BCUT2D eigenvalue weighted by molar-refractivity contribution is 0.101. The number of hydrogen-bond donors (Lipinski definition) is 0. The molecule has 1 unspecified atom stereocenters. The maximum atomic E-state index is 11.1. The second-order valence-electron chi connectivity index (χ2n) is 4.36. The van der Waals surface area contributed by atoms with Gasteiger partial charge in [-0.25, -0.2) is 4.98 Å². The van der Waals surface area contributed by atoms with Crippen LogP contribution in [0.4, 0.5) is 5.82 Å². The molecule has 0 amide bonds. The SMILES string of the molecule is CCC(C)CN(C)c1ccc(C(C)=O)cn1. The van der Waals surface area contributed by atoms with E-state index < -0.39 is 0 Å². The molecular formula is C13H20N2O. The zero-order chi connectivity index (χ0) is 12.1. The quantitative estimate of drug-likeness (QED) is 0.715. The summed E-state index contributed by atoms with van der Waals surface area (Å²) in [5.74, 6) is 1.63. The van der Waals surface area contributed by atoms with Crippen LogP contribution in [0, 0.1) is 5.92 Å². The normalized spacial score (nSPS) is 12.2. The van der Waals surface area contributed by atoms with Crippen molar-refractivity contribution in [3.63, 3.8) is 0 Å². The van der Waals surface area contributed by atoms with Crippen LogP contribution in [-0.2, 0) is 0 Å². The molecule has 0 saturated heterocycles. The Bertz CT molecular complexity index is 345. The van der Waals surface area contributed by atoms with Crippen molar-refractivity contribution in [3.8, 4) is 0 Å². The highest BCUT2D eigenvalue weighted by atomic mass is 16.1. The van der Waals surface area contributed by atoms with Crippen molar-refractivity contribution in [2.75, 3.05) is 18.5 Å². The minimum atomic E-state index is 0.0589. The van der Waals surface area contributed by atoms with Crippen LogP contribution in [0.5, 0.6) is 0 Å². The van der Waals surface area contributed by atoms with Gasteiger partial charge < -0.3 is 4.90 Å². The van der Waals surface area contributed by atoms with Crippen LogP contribution in [0.25, 0.3) is 0 Å². The Morgan fingerprint density at radius 3 is 2.62 bits per heavy atom. The van der Waals surface area contributed by atoms with E-state index in [-0.39, 0.29) is 5.78 Å². The van der Waals surface area contributed by atoms with Crippen LogP contribution in [-0.4, -0.2) is 24.4 Å². The fourth-order valence-electron chi connectivity index (χ4n) is 1.51. The third-order valence-electron chi connectivity index (χ3n) is 2.83. The number of carbonyl (C=O) groups excluding carboxylic acids is 1. The number of nitrogens with zero attached hydrogens (tertiary/aromatic N) is 2. The molecule has 0 aromatic carbocycles. The van der Waals surface area contributed by atoms with Gasteiger partial charge in [-0.3, -0.25) is 4.79 Å². The average Bonchev–Trinajstić information content (AvgIpc) is 2.28. The molecule has 1 atom stereocenters. The first-order valence-corrected chi connectivity index (χ1v) is 5.72. The van der Waals surface area contributed by atoms with E-state index in [2.05, 4.69) is 23.7 Å². The van der Waals surface area contributed by atoms with E-state index in [4.69, 9.17) is 0 Å². The lowest BCUT2D eigenvalue weighted by Gasteiger charge is -2.21. The van der Waals surface area contributed by atoms with E-state index in [1.54, 1.807) is 13.1 Å². The molecule has 0 aliphatic carbocycles. The van der Waals surface area contributed by atoms with Crippen LogP contribution >= 0.6 is 0 Å². The highest BCUT2D eigenvalue weighted by Crippen LogP contribution is 2.12. The van der Waals surface area contributed by atoms with Gasteiger partial charge in [0.15, 0.2) is 5.78 Å². The monoisotopic (exact) mass is 220 g/mol. The summed E-state index contributed by atoms with van der Waals surface area (Å²) < 4.78 is 0. The lowest BCUT2D eigenvalue weighted by atomic mass is 10.1. The Morgan fingerprint density at radius 1 is 1.50 bits per heavy atom. The van der Waals surface area contributed by atoms with Crippen molar-refractivity contribution in [1.82, 2.24) is 4.98 Å². The summed E-state index contributed by atoms with van der Waals surface area (Å²) >= 11 is 0. The standard InChI is InChI=1S/C13H20N2O/c1-5-10(2)9-15(4)13-7-6-12(8-14-13)11(3)16/h6-8,10H,5,9H2,1-4H3. The Hall–Kier alpha value is -1.38. The van der Waals surface area contributed by atoms with Crippen LogP contribution in [0.1, 0.15) is 37.6 Å². The minimum Gasteiger partial charge on any atom is -0.359 e. The molecule has 0 spiro atoms. The van der Waals surface area contributed by atoms with Crippen molar-refractivity contribution in [1.29, 1.82) is 0 Å². The van der Waals surface area contributed by atoms with Crippen molar-refractivity contribution in [3.05, 3.63) is 23.9 Å². The molecule has 1 aromatic heterocycles. The van der Waals surface area contributed by atoms with Crippen molar-refractivity contribution in [2.24, 2.45) is 5.92 Å². The van der Waals surface area contributed by atoms with Gasteiger partial charge in [-0.2, -0.15) is 0 Å². The smallest absolute Gasteiger partial charge is 0.161 e. The first kappa shape index (κ1) is 12.7. The Balaban J connectivity index is 2.70. The summed E-state index contributed by atoms with van der Waals surface area (Å²) in [6.45, 7) is 6.95. The van der Waals surface area contributed by atoms with E-state index >= 15 is 0 Å². The minimum absolute atomic E-state index is 0.0589. The predicted molar refractivity (Wildman–Crippen MR) is 67.0 cm³/mol. The maximum absolute atomic E-state index is 11.1. The lowest BCUT2D eigenvalue weighted by Crippen LogP contribution is -2.24. The summed E-state index contributed by atoms with van der Waals surface area (Å²) in [4.78, 5) is 17.5. The van der Waals surface area contributed by atoms with E-state index in [9.17, 15) is 4.79 Å². The number of anilines is 1. The van der Waals surface area contributed by atoms with Gasteiger partial charge in [0.05, 0.1) is 0 Å². The van der Waals surface area contributed by atoms with E-state index in [0.717, 1.165) is 18.8 Å². The highest BCUT2D eigenvalue weighted by molar-refractivity contribution is 5.93. The fourth-order valence-corrected chi connectivity index (χ4v) is 1.51. The molecule has 0 fully saturated rings. The van der Waals surface area contributed by atoms with Crippen molar-refractivity contribution < 1.29 is 4.79 Å². The van der Waals surface area contributed by atoms with Crippen molar-refractivity contribution >= 4 is 11.6 Å². The summed E-state index contributed by atoms with van der Waals surface area (Å²) in [7, 11) is 2.03. The molecule has 3 nitrogen and oxygen atoms in total. The van der Waals surface area contributed by atoms with Gasteiger partial charge in [0.1, 0.15) is 5.82 Å². The Morgan fingerprint density at radius 2 is 2.19 bits per heavy atom. The molecule has 1 rings (SSSR count). The number of pyridine rings is 1. The number of rotatable bonds is 5. The molecule has 0 saturated carbocycles. The molecule has 0 aliphatic rings. The molecule has 0 aliphatic heterocycles. The van der Waals surface area contributed by atoms with Crippen LogP contribution < -0.4 is 4.90 Å². The van der Waals surface area contributed by atoms with Crippen LogP contribution in [0.3, 0.4) is 0 Å². The third kappa shape index (κ3) is 3.33. The predicted octanol–water partition coefficient (Wildman–Crippen LogP) is 2.77. The molecule has 0 N–H and O–H groups in total.